The van der Waals surface area contributed by atoms with Gasteiger partial charge in [0.25, 0.3) is 0 Å². The Bertz CT molecular complexity index is 411. The van der Waals surface area contributed by atoms with Gasteiger partial charge in [-0.3, -0.25) is 4.79 Å². The van der Waals surface area contributed by atoms with Gasteiger partial charge in [-0.1, -0.05) is 42.4 Å². The van der Waals surface area contributed by atoms with Crippen molar-refractivity contribution in [3.05, 3.63) is 35.9 Å². The summed E-state index contributed by atoms with van der Waals surface area (Å²) in [5.74, 6) is 0.254. The van der Waals surface area contributed by atoms with Gasteiger partial charge in [-0.15, -0.1) is 0 Å². The number of oxime groups is 1. The normalized spacial score (nSPS) is 21.1. The maximum atomic E-state index is 11.2. The standard InChI is InChI=1S/C13H15NO2/c1-9(11-6-4-3-5-7-11)12-8-13(10(2)15)16-14-12/h3-7,9,13H,8H2,1-2H3/t9-,13?/m1/s1. The molecule has 2 rings (SSSR count). The van der Waals surface area contributed by atoms with E-state index in [1.807, 2.05) is 18.2 Å². The monoisotopic (exact) mass is 217 g/mol. The Morgan fingerprint density at radius 2 is 2.12 bits per heavy atom. The lowest BCUT2D eigenvalue weighted by Crippen LogP contribution is -2.18. The van der Waals surface area contributed by atoms with E-state index in [9.17, 15) is 4.79 Å². The zero-order valence-corrected chi connectivity index (χ0v) is 9.51. The Kier molecular flexibility index (Phi) is 3.04. The lowest BCUT2D eigenvalue weighted by atomic mass is 9.93. The molecule has 1 unspecified atom stereocenters. The Labute approximate surface area is 95.1 Å². The van der Waals surface area contributed by atoms with Crippen LogP contribution in [-0.2, 0) is 9.63 Å². The Balaban J connectivity index is 2.08. The molecule has 0 aromatic heterocycles. The van der Waals surface area contributed by atoms with Gasteiger partial charge in [-0.25, -0.2) is 0 Å². The Morgan fingerprint density at radius 1 is 1.44 bits per heavy atom. The summed E-state index contributed by atoms with van der Waals surface area (Å²) >= 11 is 0. The van der Waals surface area contributed by atoms with Crippen molar-refractivity contribution in [1.29, 1.82) is 0 Å². The van der Waals surface area contributed by atoms with Gasteiger partial charge in [0.2, 0.25) is 0 Å². The zero-order chi connectivity index (χ0) is 11.5. The lowest BCUT2D eigenvalue weighted by molar-refractivity contribution is -0.126. The molecule has 0 amide bonds. The minimum Gasteiger partial charge on any atom is -0.384 e. The SMILES string of the molecule is CC(=O)C1CC([C@H](C)c2ccccc2)=NO1. The molecule has 0 spiro atoms. The predicted octanol–water partition coefficient (Wildman–Crippen LogP) is 2.52. The first-order valence-corrected chi connectivity index (χ1v) is 5.46. The maximum absolute atomic E-state index is 11.2. The van der Waals surface area contributed by atoms with E-state index in [0.717, 1.165) is 5.71 Å². The molecule has 0 saturated carbocycles. The first kappa shape index (κ1) is 10.9. The van der Waals surface area contributed by atoms with Crippen molar-refractivity contribution >= 4 is 11.5 Å². The topological polar surface area (TPSA) is 38.7 Å². The van der Waals surface area contributed by atoms with Gasteiger partial charge in [0.15, 0.2) is 11.9 Å². The van der Waals surface area contributed by atoms with E-state index in [4.69, 9.17) is 4.84 Å². The fourth-order valence-electron chi connectivity index (χ4n) is 1.80. The van der Waals surface area contributed by atoms with Crippen molar-refractivity contribution in [2.24, 2.45) is 5.16 Å². The minimum atomic E-state index is -0.374. The summed E-state index contributed by atoms with van der Waals surface area (Å²) in [6.07, 6.45) is 0.243. The van der Waals surface area contributed by atoms with Crippen LogP contribution in [-0.4, -0.2) is 17.6 Å². The largest absolute Gasteiger partial charge is 0.384 e. The molecule has 1 aliphatic rings. The van der Waals surface area contributed by atoms with Crippen LogP contribution in [0.15, 0.2) is 35.5 Å². The fraction of sp³-hybridized carbons (Fsp3) is 0.385. The molecule has 0 N–H and O–H groups in total. The second kappa shape index (κ2) is 4.47. The third kappa shape index (κ3) is 2.13. The molecule has 2 atom stereocenters. The number of carbonyl (C=O) groups is 1. The molecule has 84 valence electrons. The summed E-state index contributed by atoms with van der Waals surface area (Å²) in [5.41, 5.74) is 2.15. The van der Waals surface area contributed by atoms with Crippen molar-refractivity contribution in [3.63, 3.8) is 0 Å². The molecule has 0 bridgehead atoms. The molecule has 16 heavy (non-hydrogen) atoms. The Morgan fingerprint density at radius 3 is 2.69 bits per heavy atom. The molecule has 1 heterocycles. The van der Waals surface area contributed by atoms with Crippen LogP contribution in [0.2, 0.25) is 0 Å². The van der Waals surface area contributed by atoms with E-state index in [0.29, 0.717) is 6.42 Å². The van der Waals surface area contributed by atoms with Gasteiger partial charge in [0.1, 0.15) is 0 Å². The predicted molar refractivity (Wildman–Crippen MR) is 62.5 cm³/mol. The molecule has 0 saturated heterocycles. The molecule has 0 radical (unpaired) electrons. The zero-order valence-electron chi connectivity index (χ0n) is 9.51. The molecule has 1 aromatic rings. The van der Waals surface area contributed by atoms with Crippen LogP contribution < -0.4 is 0 Å². The highest BCUT2D eigenvalue weighted by Gasteiger charge is 2.28. The van der Waals surface area contributed by atoms with Crippen LogP contribution in [0.3, 0.4) is 0 Å². The molecule has 1 aliphatic heterocycles. The highest BCUT2D eigenvalue weighted by molar-refractivity contribution is 5.96. The number of benzene rings is 1. The van der Waals surface area contributed by atoms with Crippen LogP contribution in [0.5, 0.6) is 0 Å². The van der Waals surface area contributed by atoms with E-state index in [1.54, 1.807) is 0 Å². The average Bonchev–Trinajstić information content (AvgIpc) is 2.78. The van der Waals surface area contributed by atoms with Crippen molar-refractivity contribution in [3.8, 4) is 0 Å². The number of rotatable bonds is 3. The van der Waals surface area contributed by atoms with Gasteiger partial charge in [-0.2, -0.15) is 0 Å². The van der Waals surface area contributed by atoms with Crippen LogP contribution in [0.1, 0.15) is 31.7 Å². The van der Waals surface area contributed by atoms with Gasteiger partial charge in [0, 0.05) is 12.3 Å². The van der Waals surface area contributed by atoms with Crippen molar-refractivity contribution in [1.82, 2.24) is 0 Å². The van der Waals surface area contributed by atoms with Crippen LogP contribution >= 0.6 is 0 Å². The molecular weight excluding hydrogens is 202 g/mol. The third-order valence-electron chi connectivity index (χ3n) is 2.94. The third-order valence-corrected chi connectivity index (χ3v) is 2.94. The number of hydrogen-bond acceptors (Lipinski definition) is 3. The van der Waals surface area contributed by atoms with Crippen molar-refractivity contribution in [2.75, 3.05) is 0 Å². The number of hydrogen-bond donors (Lipinski definition) is 0. The molecule has 0 fully saturated rings. The van der Waals surface area contributed by atoms with Gasteiger partial charge in [0.05, 0.1) is 5.71 Å². The van der Waals surface area contributed by atoms with Crippen LogP contribution in [0.4, 0.5) is 0 Å². The van der Waals surface area contributed by atoms with Gasteiger partial charge >= 0.3 is 0 Å². The summed E-state index contributed by atoms with van der Waals surface area (Å²) in [6.45, 7) is 3.62. The lowest BCUT2D eigenvalue weighted by Gasteiger charge is -2.10. The highest BCUT2D eigenvalue weighted by Crippen LogP contribution is 2.24. The second-order valence-corrected chi connectivity index (χ2v) is 4.12. The maximum Gasteiger partial charge on any atom is 0.190 e. The van der Waals surface area contributed by atoms with E-state index >= 15 is 0 Å². The first-order chi connectivity index (χ1) is 7.68. The summed E-state index contributed by atoms with van der Waals surface area (Å²) in [4.78, 5) is 16.3. The highest BCUT2D eigenvalue weighted by atomic mass is 16.6. The summed E-state index contributed by atoms with van der Waals surface area (Å²) in [5, 5.41) is 4.01. The number of Topliss-reactive ketones (excluding diaryl/α,β-unsaturated/α-hetero) is 1. The number of nitrogens with zero attached hydrogens (tertiary/aromatic N) is 1. The number of carbonyl (C=O) groups excluding carboxylic acids is 1. The van der Waals surface area contributed by atoms with Crippen LogP contribution in [0, 0.1) is 0 Å². The van der Waals surface area contributed by atoms with E-state index in [-0.39, 0.29) is 17.8 Å². The van der Waals surface area contributed by atoms with Gasteiger partial charge < -0.3 is 4.84 Å². The molecule has 0 aliphatic carbocycles. The molecule has 3 heteroatoms. The minimum absolute atomic E-state index is 0.0408. The smallest absolute Gasteiger partial charge is 0.190 e. The first-order valence-electron chi connectivity index (χ1n) is 5.46. The van der Waals surface area contributed by atoms with E-state index in [2.05, 4.69) is 24.2 Å². The molecule has 3 nitrogen and oxygen atoms in total. The molecular formula is C13H15NO2. The number of ketones is 1. The summed E-state index contributed by atoms with van der Waals surface area (Å²) < 4.78 is 0. The van der Waals surface area contributed by atoms with Crippen molar-refractivity contribution < 1.29 is 9.63 Å². The van der Waals surface area contributed by atoms with Crippen LogP contribution in [0.25, 0.3) is 0 Å². The summed E-state index contributed by atoms with van der Waals surface area (Å²) in [6, 6.07) is 10.1. The summed E-state index contributed by atoms with van der Waals surface area (Å²) in [7, 11) is 0. The molecule has 1 aromatic carbocycles. The van der Waals surface area contributed by atoms with Gasteiger partial charge in [-0.05, 0) is 12.5 Å². The van der Waals surface area contributed by atoms with E-state index < -0.39 is 0 Å². The van der Waals surface area contributed by atoms with Crippen molar-refractivity contribution in [2.45, 2.75) is 32.3 Å². The second-order valence-electron chi connectivity index (χ2n) is 4.12. The van der Waals surface area contributed by atoms with E-state index in [1.165, 1.54) is 12.5 Å². The Hall–Kier alpha value is -1.64. The quantitative estimate of drug-likeness (QED) is 0.780. The fourth-order valence-corrected chi connectivity index (χ4v) is 1.80. The average molecular weight is 217 g/mol.